The normalized spacial score (nSPS) is 24.0. The summed E-state index contributed by atoms with van der Waals surface area (Å²) in [6, 6.07) is 0. The maximum absolute atomic E-state index is 2.48. The van der Waals surface area contributed by atoms with Crippen LogP contribution in [-0.2, 0) is 0 Å². The van der Waals surface area contributed by atoms with Gasteiger partial charge in [-0.15, -0.1) is 0 Å². The highest BCUT2D eigenvalue weighted by Crippen LogP contribution is 2.40. The van der Waals surface area contributed by atoms with Gasteiger partial charge in [-0.25, -0.2) is 0 Å². The largest absolute Gasteiger partial charge is 0.0628 e. The fraction of sp³-hybridized carbons (Fsp3) is 1.00. The third-order valence-corrected chi connectivity index (χ3v) is 2.96. The predicted octanol–water partition coefficient (Wildman–Crippen LogP) is 4.00. The average molecular weight is 154 g/mol. The fourth-order valence-corrected chi connectivity index (χ4v) is 2.60. The Kier molecular flexibility index (Phi) is 2.98. The van der Waals surface area contributed by atoms with E-state index in [-0.39, 0.29) is 0 Å². The Morgan fingerprint density at radius 1 is 1.09 bits per heavy atom. The quantitative estimate of drug-likeness (QED) is 0.564. The summed E-state index contributed by atoms with van der Waals surface area (Å²) in [4.78, 5) is 0. The summed E-state index contributed by atoms with van der Waals surface area (Å²) < 4.78 is 0. The van der Waals surface area contributed by atoms with Gasteiger partial charge in [0.1, 0.15) is 0 Å². The molecule has 0 unspecified atom stereocenters. The van der Waals surface area contributed by atoms with Crippen molar-refractivity contribution >= 4 is 0 Å². The fourth-order valence-electron chi connectivity index (χ4n) is 2.60. The Morgan fingerprint density at radius 2 is 1.64 bits per heavy atom. The molecule has 0 aliphatic heterocycles. The summed E-state index contributed by atoms with van der Waals surface area (Å²) in [7, 11) is 0. The molecule has 1 fully saturated rings. The lowest BCUT2D eigenvalue weighted by molar-refractivity contribution is 0.175. The second-order valence-electron chi connectivity index (χ2n) is 4.97. The van der Waals surface area contributed by atoms with E-state index < -0.39 is 0 Å². The van der Waals surface area contributed by atoms with Crippen molar-refractivity contribution in [3.63, 3.8) is 0 Å². The summed E-state index contributed by atoms with van der Waals surface area (Å²) in [6.07, 6.45) is 8.82. The molecule has 1 aliphatic carbocycles. The molecule has 0 radical (unpaired) electrons. The first kappa shape index (κ1) is 9.09. The Labute approximate surface area is 71.4 Å². The van der Waals surface area contributed by atoms with Crippen LogP contribution < -0.4 is 0 Å². The molecule has 1 rings (SSSR count). The third kappa shape index (κ3) is 2.84. The number of rotatable bonds is 2. The zero-order valence-electron chi connectivity index (χ0n) is 8.32. The van der Waals surface area contributed by atoms with Crippen LogP contribution in [0.2, 0.25) is 0 Å². The zero-order chi connectivity index (χ0) is 8.32. The van der Waals surface area contributed by atoms with Crippen LogP contribution in [0.25, 0.3) is 0 Å². The molecule has 0 aromatic heterocycles. The van der Waals surface area contributed by atoms with Crippen LogP contribution in [0.4, 0.5) is 0 Å². The molecule has 0 saturated heterocycles. The highest BCUT2D eigenvalue weighted by Gasteiger charge is 2.26. The second-order valence-corrected chi connectivity index (χ2v) is 4.97. The molecule has 0 aromatic carbocycles. The van der Waals surface area contributed by atoms with Crippen molar-refractivity contribution in [1.82, 2.24) is 0 Å². The summed E-state index contributed by atoms with van der Waals surface area (Å²) >= 11 is 0. The molecule has 0 bridgehead atoms. The molecule has 1 saturated carbocycles. The first-order valence-electron chi connectivity index (χ1n) is 5.12. The van der Waals surface area contributed by atoms with E-state index in [0.717, 1.165) is 5.92 Å². The molecular weight excluding hydrogens is 132 g/mol. The molecule has 0 aromatic rings. The van der Waals surface area contributed by atoms with Crippen LogP contribution in [0.5, 0.6) is 0 Å². The van der Waals surface area contributed by atoms with Crippen LogP contribution in [0.15, 0.2) is 0 Å². The van der Waals surface area contributed by atoms with Crippen LogP contribution >= 0.6 is 0 Å². The van der Waals surface area contributed by atoms with E-state index in [0.29, 0.717) is 5.41 Å². The van der Waals surface area contributed by atoms with E-state index >= 15 is 0 Å². The maximum atomic E-state index is 2.48. The maximum Gasteiger partial charge on any atom is -0.0323 e. The van der Waals surface area contributed by atoms with Gasteiger partial charge in [-0.3, -0.25) is 0 Å². The molecule has 0 heterocycles. The first-order valence-corrected chi connectivity index (χ1v) is 5.12. The molecule has 66 valence electrons. The van der Waals surface area contributed by atoms with E-state index in [2.05, 4.69) is 20.8 Å². The van der Waals surface area contributed by atoms with E-state index in [4.69, 9.17) is 0 Å². The summed E-state index contributed by atoms with van der Waals surface area (Å²) in [5.74, 6) is 0.887. The molecule has 0 amide bonds. The lowest BCUT2D eigenvalue weighted by Gasteiger charge is -2.35. The van der Waals surface area contributed by atoms with Gasteiger partial charge in [0.15, 0.2) is 0 Å². The van der Waals surface area contributed by atoms with Gasteiger partial charge in [0.2, 0.25) is 0 Å². The van der Waals surface area contributed by atoms with Crippen LogP contribution in [0.3, 0.4) is 0 Å². The Morgan fingerprint density at radius 3 is 2.09 bits per heavy atom. The Hall–Kier alpha value is 0. The van der Waals surface area contributed by atoms with E-state index in [1.807, 2.05) is 0 Å². The van der Waals surface area contributed by atoms with E-state index in [1.165, 1.54) is 38.5 Å². The lowest BCUT2D eigenvalue weighted by Crippen LogP contribution is -2.21. The van der Waals surface area contributed by atoms with Gasteiger partial charge in [-0.1, -0.05) is 40.0 Å². The molecule has 0 atom stereocenters. The molecule has 0 nitrogen and oxygen atoms in total. The van der Waals surface area contributed by atoms with Gasteiger partial charge >= 0.3 is 0 Å². The van der Waals surface area contributed by atoms with Crippen molar-refractivity contribution in [1.29, 1.82) is 0 Å². The monoisotopic (exact) mass is 154 g/mol. The molecule has 0 spiro atoms. The molecule has 1 aliphatic rings. The second kappa shape index (κ2) is 3.60. The lowest BCUT2D eigenvalue weighted by atomic mass is 9.71. The molecular formula is C11H22. The average Bonchev–Trinajstić information content (AvgIpc) is 1.85. The van der Waals surface area contributed by atoms with Crippen LogP contribution in [0, 0.1) is 11.3 Å². The Bertz CT molecular complexity index is 107. The SMILES string of the molecule is CC(C)CC1(C)CCCCC1. The van der Waals surface area contributed by atoms with Gasteiger partial charge in [-0.2, -0.15) is 0 Å². The molecule has 0 heteroatoms. The summed E-state index contributed by atoms with van der Waals surface area (Å²) in [5, 5.41) is 0. The first-order chi connectivity index (χ1) is 5.12. The topological polar surface area (TPSA) is 0 Å². The predicted molar refractivity (Wildman–Crippen MR) is 50.6 cm³/mol. The minimum Gasteiger partial charge on any atom is -0.0628 e. The minimum absolute atomic E-state index is 0.701. The van der Waals surface area contributed by atoms with Crippen molar-refractivity contribution in [3.8, 4) is 0 Å². The minimum atomic E-state index is 0.701. The zero-order valence-corrected chi connectivity index (χ0v) is 8.32. The van der Waals surface area contributed by atoms with Gasteiger partial charge in [0, 0.05) is 0 Å². The van der Waals surface area contributed by atoms with Crippen LogP contribution in [0.1, 0.15) is 59.3 Å². The van der Waals surface area contributed by atoms with E-state index in [9.17, 15) is 0 Å². The molecule has 0 N–H and O–H groups in total. The van der Waals surface area contributed by atoms with Gasteiger partial charge in [0.05, 0.1) is 0 Å². The highest BCUT2D eigenvalue weighted by molar-refractivity contribution is 4.79. The van der Waals surface area contributed by atoms with Crippen molar-refractivity contribution in [3.05, 3.63) is 0 Å². The standard InChI is InChI=1S/C11H22/c1-10(2)9-11(3)7-5-4-6-8-11/h10H,4-9H2,1-3H3. The molecule has 11 heavy (non-hydrogen) atoms. The smallest absolute Gasteiger partial charge is 0.0323 e. The van der Waals surface area contributed by atoms with Crippen LogP contribution in [-0.4, -0.2) is 0 Å². The van der Waals surface area contributed by atoms with Gasteiger partial charge in [0.25, 0.3) is 0 Å². The van der Waals surface area contributed by atoms with Crippen molar-refractivity contribution in [2.45, 2.75) is 59.3 Å². The van der Waals surface area contributed by atoms with Gasteiger partial charge in [-0.05, 0) is 30.6 Å². The third-order valence-electron chi connectivity index (χ3n) is 2.96. The number of hydrogen-bond donors (Lipinski definition) is 0. The summed E-state index contributed by atoms with van der Waals surface area (Å²) in [6.45, 7) is 7.17. The highest BCUT2D eigenvalue weighted by atomic mass is 14.3. The number of hydrogen-bond acceptors (Lipinski definition) is 0. The van der Waals surface area contributed by atoms with Crippen molar-refractivity contribution in [2.75, 3.05) is 0 Å². The van der Waals surface area contributed by atoms with Gasteiger partial charge < -0.3 is 0 Å². The Balaban J connectivity index is 2.37. The van der Waals surface area contributed by atoms with Crippen molar-refractivity contribution in [2.24, 2.45) is 11.3 Å². The van der Waals surface area contributed by atoms with Crippen molar-refractivity contribution < 1.29 is 0 Å². The van der Waals surface area contributed by atoms with E-state index in [1.54, 1.807) is 0 Å². The summed E-state index contributed by atoms with van der Waals surface area (Å²) in [5.41, 5.74) is 0.701.